The molecule has 0 aromatic heterocycles. The molecule has 0 aliphatic rings. The summed E-state index contributed by atoms with van der Waals surface area (Å²) in [6, 6.07) is 8.52. The van der Waals surface area contributed by atoms with E-state index in [1.165, 1.54) is 42.5 Å². The van der Waals surface area contributed by atoms with Gasteiger partial charge in [0.25, 0.3) is 0 Å². The molecule has 0 spiro atoms. The van der Waals surface area contributed by atoms with E-state index in [-0.39, 0.29) is 11.5 Å². The van der Waals surface area contributed by atoms with Crippen molar-refractivity contribution in [2.75, 3.05) is 5.32 Å². The van der Waals surface area contributed by atoms with Crippen LogP contribution < -0.4 is 5.32 Å². The molecule has 5 nitrogen and oxygen atoms in total. The number of anilines is 1. The third kappa shape index (κ3) is 3.95. The van der Waals surface area contributed by atoms with Gasteiger partial charge in [0.15, 0.2) is 0 Å². The maximum Gasteiger partial charge on any atom is 0.306 e. The van der Waals surface area contributed by atoms with E-state index in [0.717, 1.165) is 12.1 Å². The highest BCUT2D eigenvalue weighted by Crippen LogP contribution is 2.21. The summed E-state index contributed by atoms with van der Waals surface area (Å²) < 4.78 is 25.9. The number of hydrogen-bond acceptors (Lipinski definition) is 3. The second kappa shape index (κ2) is 6.57. The molecule has 2 aromatic rings. The highest BCUT2D eigenvalue weighted by atomic mass is 19.1. The summed E-state index contributed by atoms with van der Waals surface area (Å²) in [7, 11) is 0. The summed E-state index contributed by atoms with van der Waals surface area (Å²) in [5.74, 6) is -1.92. The Balaban J connectivity index is 2.07. The second-order valence-electron chi connectivity index (χ2n) is 4.30. The minimum Gasteiger partial charge on any atom is -0.322 e. The van der Waals surface area contributed by atoms with Gasteiger partial charge in [-0.25, -0.2) is 4.39 Å². The maximum absolute atomic E-state index is 13.2. The highest BCUT2D eigenvalue weighted by Gasteiger charge is 2.14. The van der Waals surface area contributed by atoms with E-state index < -0.39 is 22.3 Å². The lowest BCUT2D eigenvalue weighted by Gasteiger charge is -2.02. The Labute approximate surface area is 124 Å². The molecular weight excluding hydrogens is 294 g/mol. The third-order valence-corrected chi connectivity index (χ3v) is 2.71. The molecule has 0 radical (unpaired) electrons. The first-order valence-electron chi connectivity index (χ1n) is 6.14. The van der Waals surface area contributed by atoms with E-state index in [2.05, 4.69) is 5.32 Å². The summed E-state index contributed by atoms with van der Waals surface area (Å²) >= 11 is 0. The quantitative estimate of drug-likeness (QED) is 0.533. The van der Waals surface area contributed by atoms with Gasteiger partial charge in [0.05, 0.1) is 4.92 Å². The predicted molar refractivity (Wildman–Crippen MR) is 77.1 cm³/mol. The third-order valence-electron chi connectivity index (χ3n) is 2.71. The number of carbonyl (C=O) groups is 1. The van der Waals surface area contributed by atoms with Gasteiger partial charge in [0, 0.05) is 17.8 Å². The zero-order valence-electron chi connectivity index (χ0n) is 11.1. The SMILES string of the molecule is O=C(/C=C/c1ccc(F)cc1)Nc1ccc(F)c([N+](=O)[O-])c1. The molecule has 0 fully saturated rings. The lowest BCUT2D eigenvalue weighted by molar-refractivity contribution is -0.387. The van der Waals surface area contributed by atoms with E-state index in [0.29, 0.717) is 5.56 Å². The highest BCUT2D eigenvalue weighted by molar-refractivity contribution is 6.02. The lowest BCUT2D eigenvalue weighted by Crippen LogP contribution is -2.08. The number of nitrogens with zero attached hydrogens (tertiary/aromatic N) is 1. The number of hydrogen-bond donors (Lipinski definition) is 1. The number of benzene rings is 2. The van der Waals surface area contributed by atoms with Gasteiger partial charge >= 0.3 is 5.69 Å². The molecule has 0 bridgehead atoms. The average Bonchev–Trinajstić information content (AvgIpc) is 2.48. The van der Waals surface area contributed by atoms with Gasteiger partial charge in [0.2, 0.25) is 11.7 Å². The van der Waals surface area contributed by atoms with Crippen LogP contribution in [0.3, 0.4) is 0 Å². The summed E-state index contributed by atoms with van der Waals surface area (Å²) in [5, 5.41) is 13.0. The van der Waals surface area contributed by atoms with Gasteiger partial charge in [-0.2, -0.15) is 4.39 Å². The van der Waals surface area contributed by atoms with Crippen LogP contribution in [-0.4, -0.2) is 10.8 Å². The summed E-state index contributed by atoms with van der Waals surface area (Å²) in [4.78, 5) is 21.4. The van der Waals surface area contributed by atoms with Gasteiger partial charge in [-0.1, -0.05) is 12.1 Å². The molecule has 2 aromatic carbocycles. The van der Waals surface area contributed by atoms with Crippen molar-refractivity contribution in [1.29, 1.82) is 0 Å². The molecule has 1 amide bonds. The van der Waals surface area contributed by atoms with Crippen molar-refractivity contribution in [3.05, 3.63) is 75.9 Å². The van der Waals surface area contributed by atoms with E-state index in [1.807, 2.05) is 0 Å². The molecule has 22 heavy (non-hydrogen) atoms. The van der Waals surface area contributed by atoms with Crippen molar-refractivity contribution in [3.63, 3.8) is 0 Å². The van der Waals surface area contributed by atoms with Crippen LogP contribution in [-0.2, 0) is 4.79 Å². The molecule has 0 aliphatic heterocycles. The molecule has 0 heterocycles. The molecule has 7 heteroatoms. The molecule has 0 atom stereocenters. The first kappa shape index (κ1) is 15.3. The van der Waals surface area contributed by atoms with Gasteiger partial charge in [-0.05, 0) is 35.9 Å². The minimum atomic E-state index is -0.982. The van der Waals surface area contributed by atoms with Crippen molar-refractivity contribution in [2.24, 2.45) is 0 Å². The monoisotopic (exact) mass is 304 g/mol. The Bertz CT molecular complexity index is 743. The summed E-state index contributed by atoms with van der Waals surface area (Å²) in [6.07, 6.45) is 2.63. The van der Waals surface area contributed by atoms with Crippen molar-refractivity contribution in [1.82, 2.24) is 0 Å². The molecule has 0 aliphatic carbocycles. The van der Waals surface area contributed by atoms with Crippen LogP contribution in [0.1, 0.15) is 5.56 Å². The van der Waals surface area contributed by atoms with Crippen LogP contribution in [0.4, 0.5) is 20.2 Å². The Hall–Kier alpha value is -3.09. The number of amides is 1. The van der Waals surface area contributed by atoms with Crippen LogP contribution in [0.15, 0.2) is 48.5 Å². The zero-order valence-corrected chi connectivity index (χ0v) is 11.1. The van der Waals surface area contributed by atoms with Crippen molar-refractivity contribution >= 4 is 23.4 Å². The molecule has 1 N–H and O–H groups in total. The summed E-state index contributed by atoms with van der Waals surface area (Å²) in [6.45, 7) is 0. The van der Waals surface area contributed by atoms with Crippen LogP contribution in [0.2, 0.25) is 0 Å². The molecule has 2 rings (SSSR count). The van der Waals surface area contributed by atoms with Gasteiger partial charge in [-0.3, -0.25) is 14.9 Å². The number of nitro benzene ring substituents is 1. The molecule has 0 unspecified atom stereocenters. The van der Waals surface area contributed by atoms with Crippen molar-refractivity contribution < 1.29 is 18.5 Å². The predicted octanol–water partition coefficient (Wildman–Crippen LogP) is 3.52. The zero-order chi connectivity index (χ0) is 16.1. The maximum atomic E-state index is 13.2. The van der Waals surface area contributed by atoms with E-state index >= 15 is 0 Å². The smallest absolute Gasteiger partial charge is 0.306 e. The molecular formula is C15H10F2N2O3. The summed E-state index contributed by atoms with van der Waals surface area (Å²) in [5.41, 5.74) is -0.0104. The largest absolute Gasteiger partial charge is 0.322 e. The van der Waals surface area contributed by atoms with Crippen LogP contribution in [0.5, 0.6) is 0 Å². The Kier molecular flexibility index (Phi) is 4.57. The normalized spacial score (nSPS) is 10.6. The van der Waals surface area contributed by atoms with Crippen molar-refractivity contribution in [3.8, 4) is 0 Å². The Morgan fingerprint density at radius 3 is 2.45 bits per heavy atom. The van der Waals surface area contributed by atoms with Crippen LogP contribution >= 0.6 is 0 Å². The Morgan fingerprint density at radius 1 is 1.14 bits per heavy atom. The van der Waals surface area contributed by atoms with E-state index in [9.17, 15) is 23.7 Å². The fourth-order valence-corrected chi connectivity index (χ4v) is 1.66. The number of halogens is 2. The van der Waals surface area contributed by atoms with Gasteiger partial charge < -0.3 is 5.32 Å². The number of carbonyl (C=O) groups excluding carboxylic acids is 1. The minimum absolute atomic E-state index is 0.0989. The van der Waals surface area contributed by atoms with Crippen LogP contribution in [0.25, 0.3) is 6.08 Å². The van der Waals surface area contributed by atoms with Gasteiger partial charge in [-0.15, -0.1) is 0 Å². The van der Waals surface area contributed by atoms with E-state index in [4.69, 9.17) is 0 Å². The van der Waals surface area contributed by atoms with Crippen LogP contribution in [0, 0.1) is 21.7 Å². The topological polar surface area (TPSA) is 72.2 Å². The van der Waals surface area contributed by atoms with E-state index in [1.54, 1.807) is 0 Å². The number of rotatable bonds is 4. The van der Waals surface area contributed by atoms with Gasteiger partial charge in [0.1, 0.15) is 5.82 Å². The fourth-order valence-electron chi connectivity index (χ4n) is 1.66. The molecule has 112 valence electrons. The average molecular weight is 304 g/mol. The first-order valence-corrected chi connectivity index (χ1v) is 6.14. The number of nitro groups is 1. The molecule has 0 saturated carbocycles. The van der Waals surface area contributed by atoms with Crippen molar-refractivity contribution in [2.45, 2.75) is 0 Å². The fraction of sp³-hybridized carbons (Fsp3) is 0. The number of nitrogens with one attached hydrogen (secondary N) is 1. The standard InChI is InChI=1S/C15H10F2N2O3/c16-11-4-1-10(2-5-11)3-8-15(20)18-12-6-7-13(17)14(9-12)19(21)22/h1-9H,(H,18,20)/b8-3+. The first-order chi connectivity index (χ1) is 10.5. The second-order valence-corrected chi connectivity index (χ2v) is 4.30. The Morgan fingerprint density at radius 2 is 1.82 bits per heavy atom. The molecule has 0 saturated heterocycles. The lowest BCUT2D eigenvalue weighted by atomic mass is 10.2.